The molecule has 0 aromatic heterocycles. The number of halogens is 1. The number of hydrogen-bond donors (Lipinski definition) is 1. The molecule has 0 saturated heterocycles. The molecule has 0 spiro atoms. The Morgan fingerprint density at radius 3 is 2.67 bits per heavy atom. The van der Waals surface area contributed by atoms with Crippen molar-refractivity contribution in [3.05, 3.63) is 23.8 Å². The second-order valence-electron chi connectivity index (χ2n) is 4.36. The summed E-state index contributed by atoms with van der Waals surface area (Å²) >= 11 is 0. The Balaban J connectivity index is 0.00000162. The molecule has 1 N–H and O–H groups in total. The Morgan fingerprint density at radius 1 is 1.11 bits per heavy atom. The van der Waals surface area contributed by atoms with Crippen molar-refractivity contribution in [3.8, 4) is 11.5 Å². The maximum Gasteiger partial charge on any atom is 0.161 e. The number of rotatable bonds is 6. The van der Waals surface area contributed by atoms with Crippen LogP contribution in [0, 0.1) is 0 Å². The van der Waals surface area contributed by atoms with Gasteiger partial charge in [0.25, 0.3) is 0 Å². The molecule has 18 heavy (non-hydrogen) atoms. The normalized spacial score (nSPS) is 12.9. The van der Waals surface area contributed by atoms with Crippen LogP contribution in [0.25, 0.3) is 0 Å². The van der Waals surface area contributed by atoms with Gasteiger partial charge in [-0.3, -0.25) is 0 Å². The van der Waals surface area contributed by atoms with Gasteiger partial charge in [0.2, 0.25) is 0 Å². The number of benzene rings is 1. The van der Waals surface area contributed by atoms with Gasteiger partial charge < -0.3 is 14.8 Å². The van der Waals surface area contributed by atoms with Crippen LogP contribution in [0.3, 0.4) is 0 Å². The molecule has 0 radical (unpaired) electrons. The lowest BCUT2D eigenvalue weighted by atomic mass is 10.2. The Hall–Kier alpha value is -0.930. The van der Waals surface area contributed by atoms with E-state index in [0.29, 0.717) is 13.2 Å². The quantitative estimate of drug-likeness (QED) is 0.807. The Labute approximate surface area is 115 Å². The second kappa shape index (κ2) is 8.22. The van der Waals surface area contributed by atoms with Crippen molar-refractivity contribution in [1.82, 2.24) is 5.32 Å². The molecule has 0 amide bonds. The lowest BCUT2D eigenvalue weighted by Gasteiger charge is -2.19. The monoisotopic (exact) mass is 271 g/mol. The first kappa shape index (κ1) is 15.1. The molecule has 0 aliphatic carbocycles. The zero-order valence-electron chi connectivity index (χ0n) is 10.9. The average molecular weight is 272 g/mol. The molecule has 0 atom stereocenters. The first-order chi connectivity index (χ1) is 8.40. The van der Waals surface area contributed by atoms with Gasteiger partial charge >= 0.3 is 0 Å². The molecule has 0 unspecified atom stereocenters. The largest absolute Gasteiger partial charge is 0.486 e. The Kier molecular flexibility index (Phi) is 6.91. The van der Waals surface area contributed by atoms with E-state index in [-0.39, 0.29) is 12.4 Å². The van der Waals surface area contributed by atoms with Crippen LogP contribution in [0.5, 0.6) is 11.5 Å². The summed E-state index contributed by atoms with van der Waals surface area (Å²) in [6.07, 6.45) is 3.82. The van der Waals surface area contributed by atoms with Crippen molar-refractivity contribution < 1.29 is 9.47 Å². The number of nitrogens with one attached hydrogen (secondary N) is 1. The van der Waals surface area contributed by atoms with Crippen LogP contribution >= 0.6 is 12.4 Å². The summed E-state index contributed by atoms with van der Waals surface area (Å²) in [5.41, 5.74) is 1.26. The Bertz CT molecular complexity index is 358. The van der Waals surface area contributed by atoms with Crippen LogP contribution in [-0.2, 0) is 6.54 Å². The molecule has 1 aliphatic rings. The van der Waals surface area contributed by atoms with Crippen LogP contribution < -0.4 is 14.8 Å². The highest BCUT2D eigenvalue weighted by molar-refractivity contribution is 5.85. The third kappa shape index (κ3) is 4.39. The minimum atomic E-state index is 0. The van der Waals surface area contributed by atoms with Crippen molar-refractivity contribution in [3.63, 3.8) is 0 Å². The smallest absolute Gasteiger partial charge is 0.161 e. The average Bonchev–Trinajstić information content (AvgIpc) is 2.38. The summed E-state index contributed by atoms with van der Waals surface area (Å²) in [6.45, 7) is 5.52. The van der Waals surface area contributed by atoms with Crippen LogP contribution in [0.4, 0.5) is 0 Å². The van der Waals surface area contributed by atoms with E-state index in [1.807, 2.05) is 6.07 Å². The van der Waals surface area contributed by atoms with Crippen molar-refractivity contribution in [2.45, 2.75) is 32.7 Å². The number of hydrogen-bond acceptors (Lipinski definition) is 3. The van der Waals surface area contributed by atoms with Gasteiger partial charge in [-0.2, -0.15) is 0 Å². The van der Waals surface area contributed by atoms with E-state index < -0.39 is 0 Å². The summed E-state index contributed by atoms with van der Waals surface area (Å²) in [5.74, 6) is 1.75. The van der Waals surface area contributed by atoms with E-state index in [0.717, 1.165) is 24.6 Å². The molecule has 0 fully saturated rings. The lowest BCUT2D eigenvalue weighted by Crippen LogP contribution is -2.17. The van der Waals surface area contributed by atoms with Gasteiger partial charge in [0.1, 0.15) is 13.2 Å². The highest BCUT2D eigenvalue weighted by Gasteiger charge is 2.11. The van der Waals surface area contributed by atoms with E-state index in [2.05, 4.69) is 24.4 Å². The summed E-state index contributed by atoms with van der Waals surface area (Å²) in [6, 6.07) is 6.17. The fraction of sp³-hybridized carbons (Fsp3) is 0.571. The fourth-order valence-electron chi connectivity index (χ4n) is 1.93. The number of fused-ring (bicyclic) bond motifs is 1. The minimum Gasteiger partial charge on any atom is -0.486 e. The molecule has 1 aromatic rings. The third-order valence-electron chi connectivity index (χ3n) is 2.89. The van der Waals surface area contributed by atoms with E-state index in [1.165, 1.54) is 24.8 Å². The standard InChI is InChI=1S/C14H21NO2.ClH/c1-2-3-4-7-15-11-12-5-6-13-14(10-12)17-9-8-16-13;/h5-6,10,15H,2-4,7-9,11H2,1H3;1H. The van der Waals surface area contributed by atoms with Crippen molar-refractivity contribution in [2.75, 3.05) is 19.8 Å². The van der Waals surface area contributed by atoms with Crippen molar-refractivity contribution in [1.29, 1.82) is 0 Å². The number of unbranched alkanes of at least 4 members (excludes halogenated alkanes) is 2. The molecule has 1 aromatic carbocycles. The zero-order valence-corrected chi connectivity index (χ0v) is 11.7. The van der Waals surface area contributed by atoms with E-state index in [9.17, 15) is 0 Å². The van der Waals surface area contributed by atoms with Gasteiger partial charge in [0.15, 0.2) is 11.5 Å². The van der Waals surface area contributed by atoms with Gasteiger partial charge in [-0.05, 0) is 30.7 Å². The predicted octanol–water partition coefficient (Wildman–Crippen LogP) is 3.16. The van der Waals surface area contributed by atoms with Crippen LogP contribution in [0.2, 0.25) is 0 Å². The maximum atomic E-state index is 5.56. The molecular formula is C14H22ClNO2. The topological polar surface area (TPSA) is 30.5 Å². The molecule has 1 heterocycles. The van der Waals surface area contributed by atoms with E-state index >= 15 is 0 Å². The molecule has 4 heteroatoms. The summed E-state index contributed by atoms with van der Waals surface area (Å²) < 4.78 is 11.0. The molecule has 0 bridgehead atoms. The minimum absolute atomic E-state index is 0. The summed E-state index contributed by atoms with van der Waals surface area (Å²) in [7, 11) is 0. The zero-order chi connectivity index (χ0) is 11.9. The molecular weight excluding hydrogens is 250 g/mol. The van der Waals surface area contributed by atoms with Crippen LogP contribution in [0.15, 0.2) is 18.2 Å². The summed E-state index contributed by atoms with van der Waals surface area (Å²) in [5, 5.41) is 3.45. The van der Waals surface area contributed by atoms with Gasteiger partial charge in [-0.15, -0.1) is 12.4 Å². The highest BCUT2D eigenvalue weighted by Crippen LogP contribution is 2.30. The van der Waals surface area contributed by atoms with Gasteiger partial charge in [-0.1, -0.05) is 25.8 Å². The third-order valence-corrected chi connectivity index (χ3v) is 2.89. The highest BCUT2D eigenvalue weighted by atomic mass is 35.5. The Morgan fingerprint density at radius 2 is 1.89 bits per heavy atom. The fourth-order valence-corrected chi connectivity index (χ4v) is 1.93. The van der Waals surface area contributed by atoms with Crippen molar-refractivity contribution in [2.24, 2.45) is 0 Å². The number of ether oxygens (including phenoxy) is 2. The summed E-state index contributed by atoms with van der Waals surface area (Å²) in [4.78, 5) is 0. The molecule has 102 valence electrons. The van der Waals surface area contributed by atoms with Crippen LogP contribution in [0.1, 0.15) is 31.7 Å². The first-order valence-electron chi connectivity index (χ1n) is 6.49. The molecule has 2 rings (SSSR count). The van der Waals surface area contributed by atoms with E-state index in [4.69, 9.17) is 9.47 Å². The van der Waals surface area contributed by atoms with Crippen LogP contribution in [-0.4, -0.2) is 19.8 Å². The molecule has 0 saturated carbocycles. The molecule has 3 nitrogen and oxygen atoms in total. The second-order valence-corrected chi connectivity index (χ2v) is 4.36. The SMILES string of the molecule is CCCCCNCc1ccc2c(c1)OCCO2.Cl. The molecule has 1 aliphatic heterocycles. The lowest BCUT2D eigenvalue weighted by molar-refractivity contribution is 0.171. The maximum absolute atomic E-state index is 5.56. The van der Waals surface area contributed by atoms with Gasteiger partial charge in [0.05, 0.1) is 0 Å². The predicted molar refractivity (Wildman–Crippen MR) is 75.9 cm³/mol. The van der Waals surface area contributed by atoms with E-state index in [1.54, 1.807) is 0 Å². The first-order valence-corrected chi connectivity index (χ1v) is 6.49. The van der Waals surface area contributed by atoms with Gasteiger partial charge in [0, 0.05) is 6.54 Å². The van der Waals surface area contributed by atoms with Crippen molar-refractivity contribution >= 4 is 12.4 Å². The van der Waals surface area contributed by atoms with Gasteiger partial charge in [-0.25, -0.2) is 0 Å².